The molecule has 3 saturated heterocycles. The van der Waals surface area contributed by atoms with Crippen LogP contribution in [0.5, 0.6) is 0 Å². The first-order chi connectivity index (χ1) is 16.6. The maximum Gasteiger partial charge on any atom is 0.254 e. The van der Waals surface area contributed by atoms with Gasteiger partial charge in [-0.25, -0.2) is 0 Å². The molecule has 0 radical (unpaired) electrons. The van der Waals surface area contributed by atoms with E-state index in [0.29, 0.717) is 11.9 Å². The van der Waals surface area contributed by atoms with Crippen LogP contribution in [0.1, 0.15) is 43.0 Å². The Morgan fingerprint density at radius 3 is 2.15 bits per heavy atom. The molecule has 3 aliphatic rings. The molecule has 182 valence electrons. The fraction of sp³-hybridized carbons (Fsp3) is 0.571. The molecule has 0 aliphatic carbocycles. The first-order valence-electron chi connectivity index (χ1n) is 13.2. The fourth-order valence-electron chi connectivity index (χ4n) is 6.07. The van der Waals surface area contributed by atoms with Crippen molar-refractivity contribution in [3.8, 4) is 0 Å². The van der Waals surface area contributed by atoms with E-state index < -0.39 is 0 Å². The van der Waals surface area contributed by atoms with Crippen molar-refractivity contribution in [3.63, 3.8) is 0 Å². The second-order valence-corrected chi connectivity index (χ2v) is 10.1. The van der Waals surface area contributed by atoms with Crippen molar-refractivity contribution in [1.29, 1.82) is 0 Å². The molecule has 0 spiro atoms. The molecule has 3 fully saturated rings. The highest BCUT2D eigenvalue weighted by Crippen LogP contribution is 2.27. The minimum Gasteiger partial charge on any atom is -0.340 e. The molecule has 5 rings (SSSR count). The van der Waals surface area contributed by atoms with Crippen LogP contribution in [0.4, 0.5) is 0 Å². The van der Waals surface area contributed by atoms with E-state index in [1.54, 1.807) is 0 Å². The summed E-state index contributed by atoms with van der Waals surface area (Å²) in [7, 11) is 0. The molecule has 0 saturated carbocycles. The molecule has 2 aromatic rings. The van der Waals surface area contributed by atoms with Gasteiger partial charge in [-0.15, -0.1) is 0 Å². The van der Waals surface area contributed by atoms with E-state index in [4.69, 9.17) is 0 Å². The van der Waals surface area contributed by atoms with Gasteiger partial charge in [-0.05, 0) is 62.2 Å². The summed E-state index contributed by atoms with van der Waals surface area (Å²) in [6.07, 6.45) is 3.99. The summed E-state index contributed by atoms with van der Waals surface area (Å²) >= 11 is 0. The second-order valence-electron chi connectivity index (χ2n) is 10.1. The van der Waals surface area contributed by atoms with Gasteiger partial charge in [0.1, 0.15) is 0 Å². The van der Waals surface area contributed by atoms with Crippen LogP contribution >= 0.6 is 0 Å². The number of amides is 2. The molecule has 6 nitrogen and oxygen atoms in total. The minimum absolute atomic E-state index is 0.155. The van der Waals surface area contributed by atoms with Crippen LogP contribution in [0.25, 0.3) is 10.8 Å². The highest BCUT2D eigenvalue weighted by atomic mass is 16.2. The minimum atomic E-state index is 0.155. The first-order valence-corrected chi connectivity index (χ1v) is 13.2. The van der Waals surface area contributed by atoms with Crippen molar-refractivity contribution >= 4 is 22.6 Å². The van der Waals surface area contributed by atoms with Gasteiger partial charge < -0.3 is 19.6 Å². The summed E-state index contributed by atoms with van der Waals surface area (Å²) in [5.41, 5.74) is 0.815. The summed E-state index contributed by atoms with van der Waals surface area (Å²) < 4.78 is 0. The van der Waals surface area contributed by atoms with Gasteiger partial charge in [0.05, 0.1) is 0 Å². The van der Waals surface area contributed by atoms with Crippen LogP contribution < -0.4 is 0 Å². The molecular weight excluding hydrogens is 424 g/mol. The number of carbonyl (C=O) groups excluding carboxylic acids is 2. The lowest BCUT2D eigenvalue weighted by Crippen LogP contribution is -2.53. The predicted octanol–water partition coefficient (Wildman–Crippen LogP) is 3.32. The third-order valence-electron chi connectivity index (χ3n) is 8.30. The first kappa shape index (κ1) is 23.3. The number of hydrogen-bond donors (Lipinski definition) is 0. The van der Waals surface area contributed by atoms with E-state index in [9.17, 15) is 9.59 Å². The normalized spacial score (nSPS) is 21.8. The molecule has 2 amide bonds. The number of hydrogen-bond acceptors (Lipinski definition) is 4. The van der Waals surface area contributed by atoms with Crippen molar-refractivity contribution in [1.82, 2.24) is 19.6 Å². The molecule has 0 unspecified atom stereocenters. The molecule has 34 heavy (non-hydrogen) atoms. The van der Waals surface area contributed by atoms with E-state index in [-0.39, 0.29) is 11.8 Å². The summed E-state index contributed by atoms with van der Waals surface area (Å²) in [4.78, 5) is 35.4. The Kier molecular flexibility index (Phi) is 7.16. The number of piperidine rings is 2. The fourth-order valence-corrected chi connectivity index (χ4v) is 6.07. The van der Waals surface area contributed by atoms with Gasteiger partial charge in [0.15, 0.2) is 0 Å². The summed E-state index contributed by atoms with van der Waals surface area (Å²) in [6.45, 7) is 10.7. The third-order valence-corrected chi connectivity index (χ3v) is 8.30. The molecule has 0 bridgehead atoms. The van der Waals surface area contributed by atoms with Crippen molar-refractivity contribution < 1.29 is 9.59 Å². The highest BCUT2D eigenvalue weighted by Gasteiger charge is 2.34. The zero-order chi connectivity index (χ0) is 23.5. The van der Waals surface area contributed by atoms with Crippen molar-refractivity contribution in [2.45, 2.75) is 38.6 Å². The maximum atomic E-state index is 13.3. The molecule has 0 atom stereocenters. The second kappa shape index (κ2) is 10.4. The zero-order valence-corrected chi connectivity index (χ0v) is 20.5. The van der Waals surface area contributed by atoms with Gasteiger partial charge in [-0.2, -0.15) is 0 Å². The number of piperazine rings is 1. The highest BCUT2D eigenvalue weighted by molar-refractivity contribution is 6.07. The van der Waals surface area contributed by atoms with E-state index in [0.717, 1.165) is 101 Å². The number of nitrogens with zero attached hydrogens (tertiary/aromatic N) is 4. The van der Waals surface area contributed by atoms with Crippen LogP contribution in [0.2, 0.25) is 0 Å². The Hall–Kier alpha value is -2.44. The molecule has 0 aromatic heterocycles. The number of carbonyl (C=O) groups is 2. The largest absolute Gasteiger partial charge is 0.340 e. The van der Waals surface area contributed by atoms with Crippen LogP contribution in [0.15, 0.2) is 42.5 Å². The smallest absolute Gasteiger partial charge is 0.254 e. The van der Waals surface area contributed by atoms with Gasteiger partial charge in [-0.3, -0.25) is 9.59 Å². The molecule has 3 aliphatic heterocycles. The topological polar surface area (TPSA) is 47.1 Å². The standard InChI is InChI=1S/C28H38N4O2/c1-2-29-18-20-32(21-19-29)27(33)23-10-14-30(15-11-23)24-12-16-31(17-13-24)28(34)26-9-5-7-22-6-3-4-8-25(22)26/h3-9,23-24H,2,10-21H2,1H3. The van der Waals surface area contributed by atoms with Crippen LogP contribution in [0, 0.1) is 5.92 Å². The van der Waals surface area contributed by atoms with Crippen molar-refractivity contribution in [2.75, 3.05) is 58.9 Å². The average Bonchev–Trinajstić information content (AvgIpc) is 2.92. The Morgan fingerprint density at radius 2 is 1.44 bits per heavy atom. The Morgan fingerprint density at radius 1 is 0.765 bits per heavy atom. The number of fused-ring (bicyclic) bond motifs is 1. The SMILES string of the molecule is CCN1CCN(C(=O)C2CCN(C3CCN(C(=O)c4cccc5ccccc45)CC3)CC2)CC1. The molecule has 3 heterocycles. The van der Waals surface area contributed by atoms with E-state index >= 15 is 0 Å². The summed E-state index contributed by atoms with van der Waals surface area (Å²) in [5.74, 6) is 0.728. The van der Waals surface area contributed by atoms with Crippen molar-refractivity contribution in [3.05, 3.63) is 48.0 Å². The predicted molar refractivity (Wildman–Crippen MR) is 136 cm³/mol. The lowest BCUT2D eigenvalue weighted by Gasteiger charge is -2.43. The lowest BCUT2D eigenvalue weighted by molar-refractivity contribution is -0.139. The summed E-state index contributed by atoms with van der Waals surface area (Å²) in [5, 5.41) is 2.16. The summed E-state index contributed by atoms with van der Waals surface area (Å²) in [6, 6.07) is 14.7. The number of likely N-dealkylation sites (tertiary alicyclic amines) is 2. The average molecular weight is 463 g/mol. The van der Waals surface area contributed by atoms with Gasteiger partial charge in [-0.1, -0.05) is 43.3 Å². The molecule has 6 heteroatoms. The Labute approximate surface area is 203 Å². The van der Waals surface area contributed by atoms with E-state index in [1.165, 1.54) is 0 Å². The third kappa shape index (κ3) is 4.84. The van der Waals surface area contributed by atoms with E-state index in [1.807, 2.05) is 35.2 Å². The van der Waals surface area contributed by atoms with Crippen LogP contribution in [-0.4, -0.2) is 96.4 Å². The maximum absolute atomic E-state index is 13.3. The molecule has 0 N–H and O–H groups in total. The molecular formula is C28H38N4O2. The zero-order valence-electron chi connectivity index (χ0n) is 20.5. The lowest BCUT2D eigenvalue weighted by atomic mass is 9.92. The van der Waals surface area contributed by atoms with Gasteiger partial charge in [0, 0.05) is 56.8 Å². The Balaban J connectivity index is 1.11. The monoisotopic (exact) mass is 462 g/mol. The number of rotatable bonds is 4. The van der Waals surface area contributed by atoms with Crippen LogP contribution in [-0.2, 0) is 4.79 Å². The van der Waals surface area contributed by atoms with E-state index in [2.05, 4.69) is 33.8 Å². The van der Waals surface area contributed by atoms with Gasteiger partial charge >= 0.3 is 0 Å². The van der Waals surface area contributed by atoms with Gasteiger partial charge in [0.25, 0.3) is 5.91 Å². The van der Waals surface area contributed by atoms with Crippen molar-refractivity contribution in [2.24, 2.45) is 5.92 Å². The number of benzene rings is 2. The number of likely N-dealkylation sites (N-methyl/N-ethyl adjacent to an activating group) is 1. The Bertz CT molecular complexity index is 995. The molecule has 2 aromatic carbocycles. The quantitative estimate of drug-likeness (QED) is 0.699. The van der Waals surface area contributed by atoms with Crippen LogP contribution in [0.3, 0.4) is 0 Å². The van der Waals surface area contributed by atoms with Gasteiger partial charge in [0.2, 0.25) is 5.91 Å².